The van der Waals surface area contributed by atoms with E-state index >= 15 is 0 Å². The molecule has 1 aromatic carbocycles. The maximum atomic E-state index is 12.1. The molecule has 0 saturated carbocycles. The SMILES string of the molecule is Nc1cccc(C(=O)N2CCS(=O)(=O)CC2)c1O. The molecule has 0 radical (unpaired) electrons. The number of phenols is 1. The van der Waals surface area contributed by atoms with E-state index in [-0.39, 0.29) is 41.6 Å². The molecular formula is C11H14N2O4S. The van der Waals surface area contributed by atoms with Gasteiger partial charge in [-0.25, -0.2) is 8.42 Å². The number of hydrogen-bond donors (Lipinski definition) is 2. The summed E-state index contributed by atoms with van der Waals surface area (Å²) < 4.78 is 22.5. The number of phenolic OH excluding ortho intramolecular Hbond substituents is 1. The lowest BCUT2D eigenvalue weighted by Crippen LogP contribution is -2.43. The lowest BCUT2D eigenvalue weighted by molar-refractivity contribution is 0.0767. The van der Waals surface area contributed by atoms with E-state index in [4.69, 9.17) is 5.73 Å². The Morgan fingerprint density at radius 3 is 2.50 bits per heavy atom. The van der Waals surface area contributed by atoms with Crippen LogP contribution in [-0.2, 0) is 9.84 Å². The highest BCUT2D eigenvalue weighted by molar-refractivity contribution is 7.91. The van der Waals surface area contributed by atoms with Crippen LogP contribution < -0.4 is 5.73 Å². The minimum Gasteiger partial charge on any atom is -0.505 e. The van der Waals surface area contributed by atoms with E-state index in [9.17, 15) is 18.3 Å². The minimum absolute atomic E-state index is 0.0399. The molecule has 0 aromatic heterocycles. The summed E-state index contributed by atoms with van der Waals surface area (Å²) in [6.07, 6.45) is 0. The fourth-order valence-corrected chi connectivity index (χ4v) is 3.02. The summed E-state index contributed by atoms with van der Waals surface area (Å²) >= 11 is 0. The zero-order chi connectivity index (χ0) is 13.3. The number of nitrogens with two attached hydrogens (primary N) is 1. The second-order valence-electron chi connectivity index (χ2n) is 4.19. The molecule has 0 spiro atoms. The summed E-state index contributed by atoms with van der Waals surface area (Å²) in [5.74, 6) is -0.727. The van der Waals surface area contributed by atoms with Crippen LogP contribution in [0.1, 0.15) is 10.4 Å². The first-order valence-electron chi connectivity index (χ1n) is 5.48. The monoisotopic (exact) mass is 270 g/mol. The van der Waals surface area contributed by atoms with Crippen molar-refractivity contribution in [1.82, 2.24) is 4.90 Å². The van der Waals surface area contributed by atoms with Crippen molar-refractivity contribution in [2.24, 2.45) is 0 Å². The molecular weight excluding hydrogens is 256 g/mol. The van der Waals surface area contributed by atoms with Crippen molar-refractivity contribution in [3.63, 3.8) is 0 Å². The lowest BCUT2D eigenvalue weighted by atomic mass is 10.1. The maximum Gasteiger partial charge on any atom is 0.257 e. The number of benzene rings is 1. The van der Waals surface area contributed by atoms with Crippen LogP contribution in [0, 0.1) is 0 Å². The summed E-state index contributed by atoms with van der Waals surface area (Å²) in [7, 11) is -3.03. The van der Waals surface area contributed by atoms with Crippen molar-refractivity contribution < 1.29 is 18.3 Å². The Balaban J connectivity index is 2.20. The van der Waals surface area contributed by atoms with Crippen LogP contribution in [0.3, 0.4) is 0 Å². The van der Waals surface area contributed by atoms with Crippen LogP contribution >= 0.6 is 0 Å². The van der Waals surface area contributed by atoms with Crippen LogP contribution in [0.15, 0.2) is 18.2 Å². The van der Waals surface area contributed by atoms with Crippen LogP contribution in [0.25, 0.3) is 0 Å². The van der Waals surface area contributed by atoms with Gasteiger partial charge in [-0.1, -0.05) is 6.07 Å². The Morgan fingerprint density at radius 1 is 1.28 bits per heavy atom. The maximum absolute atomic E-state index is 12.1. The zero-order valence-corrected chi connectivity index (χ0v) is 10.5. The number of anilines is 1. The van der Waals surface area contributed by atoms with Gasteiger partial charge in [0.25, 0.3) is 5.91 Å². The average Bonchev–Trinajstić information content (AvgIpc) is 2.32. The molecule has 7 heteroatoms. The average molecular weight is 270 g/mol. The molecule has 6 nitrogen and oxygen atoms in total. The van der Waals surface area contributed by atoms with Gasteiger partial charge in [-0.3, -0.25) is 4.79 Å². The quantitative estimate of drug-likeness (QED) is 0.545. The lowest BCUT2D eigenvalue weighted by Gasteiger charge is -2.27. The Morgan fingerprint density at radius 2 is 1.89 bits per heavy atom. The van der Waals surface area contributed by atoms with Crippen molar-refractivity contribution in [1.29, 1.82) is 0 Å². The Kier molecular flexibility index (Phi) is 3.16. The number of amides is 1. The van der Waals surface area contributed by atoms with Crippen molar-refractivity contribution in [2.45, 2.75) is 0 Å². The number of carbonyl (C=O) groups excluding carboxylic acids is 1. The van der Waals surface area contributed by atoms with Crippen LogP contribution in [-0.4, -0.2) is 48.9 Å². The molecule has 1 aliphatic heterocycles. The van der Waals surface area contributed by atoms with Crippen LogP contribution in [0.5, 0.6) is 5.75 Å². The fraction of sp³-hybridized carbons (Fsp3) is 0.364. The van der Waals surface area contributed by atoms with Gasteiger partial charge in [0, 0.05) is 13.1 Å². The molecule has 0 atom stereocenters. The molecule has 1 saturated heterocycles. The second-order valence-corrected chi connectivity index (χ2v) is 6.49. The molecule has 1 fully saturated rings. The molecule has 1 aliphatic rings. The first-order valence-corrected chi connectivity index (χ1v) is 7.30. The zero-order valence-electron chi connectivity index (χ0n) is 9.67. The molecule has 0 bridgehead atoms. The largest absolute Gasteiger partial charge is 0.505 e. The molecule has 1 amide bonds. The molecule has 1 aromatic rings. The molecule has 3 N–H and O–H groups in total. The van der Waals surface area contributed by atoms with E-state index in [2.05, 4.69) is 0 Å². The Hall–Kier alpha value is -1.76. The van der Waals surface area contributed by atoms with Gasteiger partial charge in [0.1, 0.15) is 0 Å². The van der Waals surface area contributed by atoms with E-state index < -0.39 is 15.7 Å². The number of carbonyl (C=O) groups is 1. The van der Waals surface area contributed by atoms with Gasteiger partial charge in [0.15, 0.2) is 15.6 Å². The van der Waals surface area contributed by atoms with Crippen LogP contribution in [0.4, 0.5) is 5.69 Å². The summed E-state index contributed by atoms with van der Waals surface area (Å²) in [6, 6.07) is 4.53. The molecule has 1 heterocycles. The van der Waals surface area contributed by atoms with E-state index in [0.29, 0.717) is 0 Å². The van der Waals surface area contributed by atoms with Gasteiger partial charge in [0.05, 0.1) is 22.8 Å². The third kappa shape index (κ3) is 2.40. The number of sulfone groups is 1. The number of rotatable bonds is 1. The van der Waals surface area contributed by atoms with Gasteiger partial charge in [-0.2, -0.15) is 0 Å². The molecule has 98 valence electrons. The fourth-order valence-electron chi connectivity index (χ4n) is 1.82. The van der Waals surface area contributed by atoms with Gasteiger partial charge >= 0.3 is 0 Å². The molecule has 0 aliphatic carbocycles. The van der Waals surface area contributed by atoms with Crippen molar-refractivity contribution in [3.8, 4) is 5.75 Å². The third-order valence-corrected chi connectivity index (χ3v) is 4.54. The minimum atomic E-state index is -3.03. The smallest absolute Gasteiger partial charge is 0.257 e. The number of nitrogens with zero attached hydrogens (tertiary/aromatic N) is 1. The Labute approximate surface area is 105 Å². The summed E-state index contributed by atoms with van der Waals surface area (Å²) in [5.41, 5.74) is 5.75. The normalized spacial score (nSPS) is 18.6. The predicted molar refractivity (Wildman–Crippen MR) is 67.1 cm³/mol. The van der Waals surface area contributed by atoms with E-state index in [1.807, 2.05) is 0 Å². The van der Waals surface area contributed by atoms with Gasteiger partial charge in [0.2, 0.25) is 0 Å². The number of hydrogen-bond acceptors (Lipinski definition) is 5. The summed E-state index contributed by atoms with van der Waals surface area (Å²) in [4.78, 5) is 13.5. The number of para-hydroxylation sites is 1. The van der Waals surface area contributed by atoms with Gasteiger partial charge in [-0.15, -0.1) is 0 Å². The van der Waals surface area contributed by atoms with Crippen molar-refractivity contribution >= 4 is 21.4 Å². The van der Waals surface area contributed by atoms with E-state index in [0.717, 1.165) is 0 Å². The van der Waals surface area contributed by atoms with Crippen molar-refractivity contribution in [2.75, 3.05) is 30.3 Å². The summed E-state index contributed by atoms with van der Waals surface area (Å²) in [5, 5.41) is 9.71. The van der Waals surface area contributed by atoms with Gasteiger partial charge < -0.3 is 15.7 Å². The topological polar surface area (TPSA) is 101 Å². The highest BCUT2D eigenvalue weighted by atomic mass is 32.2. The number of nitrogen functional groups attached to an aromatic ring is 1. The highest BCUT2D eigenvalue weighted by Crippen LogP contribution is 2.26. The first-order chi connectivity index (χ1) is 8.41. The molecule has 18 heavy (non-hydrogen) atoms. The second kappa shape index (κ2) is 4.49. The Bertz CT molecular complexity index is 569. The highest BCUT2D eigenvalue weighted by Gasteiger charge is 2.27. The molecule has 0 unspecified atom stereocenters. The molecule has 2 rings (SSSR count). The summed E-state index contributed by atoms with van der Waals surface area (Å²) in [6.45, 7) is 0.296. The standard InChI is InChI=1S/C11H14N2O4S/c12-9-3-1-2-8(10(9)14)11(15)13-4-6-18(16,17)7-5-13/h1-3,14H,4-7,12H2. The first kappa shape index (κ1) is 12.7. The van der Waals surface area contributed by atoms with E-state index in [1.54, 1.807) is 6.07 Å². The third-order valence-electron chi connectivity index (χ3n) is 2.93. The van der Waals surface area contributed by atoms with Crippen LogP contribution in [0.2, 0.25) is 0 Å². The predicted octanol–water partition coefficient (Wildman–Crippen LogP) is -0.155. The van der Waals surface area contributed by atoms with Gasteiger partial charge in [-0.05, 0) is 12.1 Å². The van der Waals surface area contributed by atoms with E-state index in [1.165, 1.54) is 17.0 Å². The number of aromatic hydroxyl groups is 1. The van der Waals surface area contributed by atoms with Crippen molar-refractivity contribution in [3.05, 3.63) is 23.8 Å².